The zero-order valence-electron chi connectivity index (χ0n) is 15.7. The van der Waals surface area contributed by atoms with Gasteiger partial charge in [0.25, 0.3) is 0 Å². The molecule has 154 valence electrons. The molecule has 0 aromatic heterocycles. The Morgan fingerprint density at radius 3 is 2.19 bits per heavy atom. The zero-order chi connectivity index (χ0) is 17.8. The van der Waals surface area contributed by atoms with Crippen molar-refractivity contribution in [3.05, 3.63) is 29.3 Å². The fraction of sp³-hybridized carbons (Fsp3) is 0.647. The summed E-state index contributed by atoms with van der Waals surface area (Å²) in [4.78, 5) is 10.5. The van der Waals surface area contributed by atoms with Crippen molar-refractivity contribution in [2.75, 3.05) is 6.61 Å². The van der Waals surface area contributed by atoms with Crippen LogP contribution in [0.5, 0.6) is 5.75 Å². The Morgan fingerprint density at radius 1 is 1.00 bits per heavy atom. The Hall–Kier alpha value is -1.23. The molecule has 1 heterocycles. The highest BCUT2D eigenvalue weighted by molar-refractivity contribution is 7.79. The summed E-state index contributed by atoms with van der Waals surface area (Å²) in [5, 5.41) is 0. The number of benzene rings is 1. The van der Waals surface area contributed by atoms with Crippen LogP contribution in [0, 0.1) is 0 Å². The van der Waals surface area contributed by atoms with Crippen molar-refractivity contribution in [2.45, 2.75) is 64.7 Å². The predicted octanol–water partition coefficient (Wildman–Crippen LogP) is 4.52. The van der Waals surface area contributed by atoms with Crippen LogP contribution in [0.3, 0.4) is 0 Å². The highest BCUT2D eigenvalue weighted by atomic mass is 32.3. The summed E-state index contributed by atoms with van der Waals surface area (Å²) < 4.78 is 31.6. The van der Waals surface area contributed by atoms with Crippen molar-refractivity contribution in [3.8, 4) is 5.75 Å². The molecule has 0 saturated heterocycles. The Bertz CT molecular complexity index is 548. The second kappa shape index (κ2) is 14.9. The minimum absolute atomic E-state index is 0. The second-order valence-corrected chi connectivity index (χ2v) is 6.76. The molecule has 1 aromatic carbocycles. The summed E-state index contributed by atoms with van der Waals surface area (Å²) in [6.07, 6.45) is 11.6. The van der Waals surface area contributed by atoms with Crippen LogP contribution in [0.25, 0.3) is 0 Å². The summed E-state index contributed by atoms with van der Waals surface area (Å²) in [6.45, 7) is 2.93. The molecule has 8 nitrogen and oxygen atoms in total. The minimum atomic E-state index is -4.67. The molecule has 0 unspecified atom stereocenters. The van der Waals surface area contributed by atoms with Gasteiger partial charge in [-0.05, 0) is 24.5 Å². The van der Waals surface area contributed by atoms with E-state index in [-0.39, 0.29) is 12.3 Å². The minimum Gasteiger partial charge on any atom is -0.344 e. The van der Waals surface area contributed by atoms with E-state index in [2.05, 4.69) is 19.1 Å². The van der Waals surface area contributed by atoms with Gasteiger partial charge in [-0.3, -0.25) is 9.11 Å². The van der Waals surface area contributed by atoms with Crippen LogP contribution in [0.1, 0.15) is 63.0 Å². The molecular weight excluding hydrogens is 360 g/mol. The summed E-state index contributed by atoms with van der Waals surface area (Å²) in [7, 11) is -4.67. The lowest BCUT2D eigenvalue weighted by atomic mass is 9.98. The molecule has 1 aliphatic heterocycles. The molecule has 2 rings (SSSR count). The van der Waals surface area contributed by atoms with E-state index in [4.69, 9.17) is 27.3 Å². The third kappa shape index (κ3) is 13.0. The first kappa shape index (κ1) is 27.0. The van der Waals surface area contributed by atoms with Crippen molar-refractivity contribution >= 4 is 10.4 Å². The molecule has 0 radical (unpaired) electrons. The van der Waals surface area contributed by atoms with Gasteiger partial charge in [-0.15, -0.1) is 0 Å². The van der Waals surface area contributed by atoms with E-state index < -0.39 is 10.4 Å². The van der Waals surface area contributed by atoms with E-state index in [9.17, 15) is 0 Å². The van der Waals surface area contributed by atoms with Gasteiger partial charge in [0.15, 0.2) is 5.75 Å². The lowest BCUT2D eigenvalue weighted by molar-refractivity contribution is -0.203. The standard InChI is InChI=1S/C17H26O2.2H3N.H2O4S/c1-2-3-4-5-6-7-8-11-16-15-10-9-12-17(16)19-18-14-13-15;;;1-5(2,3)4/h9-10,12H,2-8,11,13-14H2,1H3;2*1H3;(H2,1,2,3,4). The maximum absolute atomic E-state index is 8.74. The van der Waals surface area contributed by atoms with Crippen LogP contribution < -0.4 is 17.2 Å². The molecule has 8 N–H and O–H groups in total. The van der Waals surface area contributed by atoms with E-state index in [1.54, 1.807) is 0 Å². The molecule has 1 aromatic rings. The van der Waals surface area contributed by atoms with Gasteiger partial charge in [0.1, 0.15) is 0 Å². The number of rotatable bonds is 8. The zero-order valence-corrected chi connectivity index (χ0v) is 16.5. The van der Waals surface area contributed by atoms with Crippen LogP contribution in [0.2, 0.25) is 0 Å². The van der Waals surface area contributed by atoms with Crippen LogP contribution in [0.4, 0.5) is 0 Å². The number of hydrogen-bond donors (Lipinski definition) is 4. The van der Waals surface area contributed by atoms with Crippen LogP contribution in [0.15, 0.2) is 18.2 Å². The van der Waals surface area contributed by atoms with Crippen molar-refractivity contribution < 1.29 is 27.3 Å². The van der Waals surface area contributed by atoms with Crippen LogP contribution >= 0.6 is 0 Å². The van der Waals surface area contributed by atoms with Crippen molar-refractivity contribution in [2.24, 2.45) is 0 Å². The van der Waals surface area contributed by atoms with Gasteiger partial charge >= 0.3 is 10.4 Å². The molecule has 1 aliphatic rings. The van der Waals surface area contributed by atoms with Crippen molar-refractivity contribution in [3.63, 3.8) is 0 Å². The number of fused-ring (bicyclic) bond motifs is 2. The van der Waals surface area contributed by atoms with Crippen molar-refractivity contribution in [1.29, 1.82) is 0 Å². The predicted molar refractivity (Wildman–Crippen MR) is 103 cm³/mol. The molecule has 0 spiro atoms. The maximum atomic E-state index is 8.74. The lowest BCUT2D eigenvalue weighted by Gasteiger charge is -2.09. The van der Waals surface area contributed by atoms with E-state index in [0.717, 1.165) is 18.6 Å². The van der Waals surface area contributed by atoms with Gasteiger partial charge in [-0.25, -0.2) is 0 Å². The molecule has 2 bridgehead atoms. The van der Waals surface area contributed by atoms with Crippen LogP contribution in [-0.2, 0) is 28.1 Å². The van der Waals surface area contributed by atoms with Crippen LogP contribution in [-0.4, -0.2) is 24.1 Å². The topological polar surface area (TPSA) is 163 Å². The first-order valence-corrected chi connectivity index (χ1v) is 9.91. The van der Waals surface area contributed by atoms with Gasteiger partial charge in [0.05, 0.1) is 6.61 Å². The molecule has 26 heavy (non-hydrogen) atoms. The van der Waals surface area contributed by atoms with E-state index in [1.807, 2.05) is 6.07 Å². The van der Waals surface area contributed by atoms with E-state index in [0.29, 0.717) is 6.61 Å². The Morgan fingerprint density at radius 2 is 1.58 bits per heavy atom. The third-order valence-corrected chi connectivity index (χ3v) is 3.86. The number of hydrogen-bond acceptors (Lipinski definition) is 6. The first-order chi connectivity index (χ1) is 11.4. The van der Waals surface area contributed by atoms with Gasteiger partial charge in [-0.2, -0.15) is 13.3 Å². The average molecular weight is 395 g/mol. The normalized spacial score (nSPS) is 12.4. The van der Waals surface area contributed by atoms with Gasteiger partial charge in [0.2, 0.25) is 0 Å². The SMILES string of the molecule is CCCCCCCCCc1c2cccc1OOCC2.N.N.O=S(=O)(O)O. The molecule has 0 amide bonds. The monoisotopic (exact) mass is 394 g/mol. The van der Waals surface area contributed by atoms with E-state index in [1.165, 1.54) is 56.1 Å². The maximum Gasteiger partial charge on any atom is 0.394 e. The first-order valence-electron chi connectivity index (χ1n) is 8.52. The summed E-state index contributed by atoms with van der Waals surface area (Å²) in [5.74, 6) is 0.931. The summed E-state index contributed by atoms with van der Waals surface area (Å²) in [5.41, 5.74) is 2.77. The van der Waals surface area contributed by atoms with Crippen molar-refractivity contribution in [1.82, 2.24) is 12.3 Å². The van der Waals surface area contributed by atoms with E-state index >= 15 is 0 Å². The molecule has 9 heteroatoms. The fourth-order valence-electron chi connectivity index (χ4n) is 2.72. The highest BCUT2D eigenvalue weighted by Crippen LogP contribution is 2.27. The quantitative estimate of drug-likeness (QED) is 0.284. The van der Waals surface area contributed by atoms with Gasteiger partial charge in [-0.1, -0.05) is 57.6 Å². The Balaban J connectivity index is 0. The second-order valence-electron chi connectivity index (χ2n) is 5.87. The Labute approximate surface area is 157 Å². The summed E-state index contributed by atoms with van der Waals surface area (Å²) >= 11 is 0. The Kier molecular flexibility index (Phi) is 15.5. The third-order valence-electron chi connectivity index (χ3n) is 3.86. The summed E-state index contributed by atoms with van der Waals surface area (Å²) in [6, 6.07) is 6.29. The number of unbranched alkanes of at least 4 members (excludes halogenated alkanes) is 6. The van der Waals surface area contributed by atoms with Gasteiger partial charge in [0, 0.05) is 12.0 Å². The van der Waals surface area contributed by atoms with Gasteiger partial charge < -0.3 is 17.2 Å². The molecule has 0 saturated carbocycles. The largest absolute Gasteiger partial charge is 0.394 e. The lowest BCUT2D eigenvalue weighted by Crippen LogP contribution is -1.96. The highest BCUT2D eigenvalue weighted by Gasteiger charge is 2.13. The molecular formula is C17H34N2O6S. The molecule has 0 atom stereocenters. The fourth-order valence-corrected chi connectivity index (χ4v) is 2.72. The molecule has 0 aliphatic carbocycles. The smallest absolute Gasteiger partial charge is 0.344 e. The molecule has 0 fully saturated rings. The average Bonchev–Trinajstić information content (AvgIpc) is 2.60.